The Morgan fingerprint density at radius 3 is 2.45 bits per heavy atom. The van der Waals surface area contributed by atoms with Crippen molar-refractivity contribution in [2.75, 3.05) is 26.2 Å². The van der Waals surface area contributed by atoms with Gasteiger partial charge in [0.25, 0.3) is 0 Å². The van der Waals surface area contributed by atoms with E-state index in [1.54, 1.807) is 0 Å². The monoisotopic (exact) mass is 456 g/mol. The number of carbonyl (C=O) groups is 2. The molecule has 33 heavy (non-hydrogen) atoms. The van der Waals surface area contributed by atoms with Crippen LogP contribution in [-0.2, 0) is 16.1 Å². The van der Waals surface area contributed by atoms with Gasteiger partial charge < -0.3 is 16.0 Å². The van der Waals surface area contributed by atoms with Crippen LogP contribution in [-0.4, -0.2) is 59.9 Å². The Hall–Kier alpha value is -1.92. The fourth-order valence-electron chi connectivity index (χ4n) is 5.35. The lowest BCUT2D eigenvalue weighted by molar-refractivity contribution is -0.136. The number of benzene rings is 1. The molecular weight excluding hydrogens is 412 g/mol. The summed E-state index contributed by atoms with van der Waals surface area (Å²) in [6, 6.07) is 10.1. The van der Waals surface area contributed by atoms with Crippen molar-refractivity contribution in [2.24, 2.45) is 17.1 Å². The molecule has 1 saturated heterocycles. The molecule has 2 aliphatic rings. The molecule has 3 rings (SSSR count). The van der Waals surface area contributed by atoms with E-state index in [1.807, 2.05) is 23.1 Å². The first-order valence-electron chi connectivity index (χ1n) is 12.8. The molecule has 1 saturated carbocycles. The van der Waals surface area contributed by atoms with Gasteiger partial charge in [-0.15, -0.1) is 0 Å². The van der Waals surface area contributed by atoms with E-state index in [0.29, 0.717) is 38.4 Å². The Morgan fingerprint density at radius 2 is 1.82 bits per heavy atom. The van der Waals surface area contributed by atoms with Crippen LogP contribution >= 0.6 is 0 Å². The predicted octanol–water partition coefficient (Wildman–Crippen LogP) is 3.55. The highest BCUT2D eigenvalue weighted by molar-refractivity contribution is 5.83. The van der Waals surface area contributed by atoms with E-state index in [2.05, 4.69) is 43.1 Å². The van der Waals surface area contributed by atoms with E-state index in [1.165, 1.54) is 32.1 Å². The second-order valence-electron chi connectivity index (χ2n) is 11.2. The first-order valence-corrected chi connectivity index (χ1v) is 12.8. The average Bonchev–Trinajstić information content (AvgIpc) is 3.19. The molecule has 3 N–H and O–H groups in total. The summed E-state index contributed by atoms with van der Waals surface area (Å²) in [6.45, 7) is 9.57. The van der Waals surface area contributed by atoms with Crippen molar-refractivity contribution in [3.63, 3.8) is 0 Å². The molecule has 184 valence electrons. The van der Waals surface area contributed by atoms with Gasteiger partial charge in [-0.2, -0.15) is 0 Å². The zero-order valence-corrected chi connectivity index (χ0v) is 20.9. The van der Waals surface area contributed by atoms with Crippen LogP contribution in [0.5, 0.6) is 0 Å². The van der Waals surface area contributed by atoms with E-state index in [9.17, 15) is 9.59 Å². The smallest absolute Gasteiger partial charge is 0.237 e. The lowest BCUT2D eigenvalue weighted by Crippen LogP contribution is -2.46. The molecular formula is C27H44N4O2. The van der Waals surface area contributed by atoms with E-state index >= 15 is 0 Å². The van der Waals surface area contributed by atoms with Gasteiger partial charge in [-0.25, -0.2) is 0 Å². The fraction of sp³-hybridized carbons (Fsp3) is 0.704. The van der Waals surface area contributed by atoms with Gasteiger partial charge >= 0.3 is 0 Å². The van der Waals surface area contributed by atoms with Crippen LogP contribution in [0.2, 0.25) is 0 Å². The fourth-order valence-corrected chi connectivity index (χ4v) is 5.35. The van der Waals surface area contributed by atoms with Crippen molar-refractivity contribution in [1.82, 2.24) is 15.1 Å². The maximum absolute atomic E-state index is 13.5. The van der Waals surface area contributed by atoms with Crippen molar-refractivity contribution < 1.29 is 9.59 Å². The zero-order valence-electron chi connectivity index (χ0n) is 20.9. The van der Waals surface area contributed by atoms with Gasteiger partial charge in [0.2, 0.25) is 11.8 Å². The number of amides is 2. The molecule has 2 atom stereocenters. The summed E-state index contributed by atoms with van der Waals surface area (Å²) in [5.41, 5.74) is 6.69. The van der Waals surface area contributed by atoms with Gasteiger partial charge in [0.15, 0.2) is 0 Å². The molecule has 2 unspecified atom stereocenters. The Morgan fingerprint density at radius 1 is 1.12 bits per heavy atom. The molecule has 1 aromatic rings. The van der Waals surface area contributed by atoms with Crippen molar-refractivity contribution in [3.8, 4) is 0 Å². The van der Waals surface area contributed by atoms with Crippen LogP contribution in [0, 0.1) is 11.3 Å². The molecule has 1 aromatic carbocycles. The van der Waals surface area contributed by atoms with E-state index < -0.39 is 0 Å². The summed E-state index contributed by atoms with van der Waals surface area (Å²) in [7, 11) is 0. The van der Waals surface area contributed by atoms with Crippen molar-refractivity contribution in [3.05, 3.63) is 35.9 Å². The standard InChI is InChI=1S/C27H44N4O2/c1-27(2,3)17-25(32)31(19-22-12-8-5-9-13-22)23-16-24(26(33)29-15-14-28)30(20-23)18-21-10-6-4-7-11-21/h5,8-9,12-13,21,23-24H,4,6-7,10-11,14-20,28H2,1-3H3,(H,29,33). The third-order valence-electron chi connectivity index (χ3n) is 6.98. The molecule has 0 spiro atoms. The minimum absolute atomic E-state index is 0.0391. The van der Waals surface area contributed by atoms with E-state index in [0.717, 1.165) is 18.7 Å². The van der Waals surface area contributed by atoms with E-state index in [4.69, 9.17) is 5.73 Å². The number of nitrogens with zero attached hydrogens (tertiary/aromatic N) is 2. The molecule has 6 heteroatoms. The average molecular weight is 457 g/mol. The van der Waals surface area contributed by atoms with E-state index in [-0.39, 0.29) is 29.3 Å². The number of nitrogens with two attached hydrogens (primary N) is 1. The summed E-state index contributed by atoms with van der Waals surface area (Å²) >= 11 is 0. The molecule has 0 radical (unpaired) electrons. The number of rotatable bonds is 9. The predicted molar refractivity (Wildman–Crippen MR) is 133 cm³/mol. The summed E-state index contributed by atoms with van der Waals surface area (Å²) < 4.78 is 0. The second kappa shape index (κ2) is 12.0. The minimum atomic E-state index is -0.191. The third-order valence-corrected chi connectivity index (χ3v) is 6.98. The molecule has 1 aliphatic carbocycles. The summed E-state index contributed by atoms with van der Waals surface area (Å²) in [5, 5.41) is 3.01. The molecule has 2 fully saturated rings. The van der Waals surface area contributed by atoms with Crippen LogP contribution < -0.4 is 11.1 Å². The number of carbonyl (C=O) groups excluding carboxylic acids is 2. The minimum Gasteiger partial charge on any atom is -0.353 e. The largest absolute Gasteiger partial charge is 0.353 e. The van der Waals surface area contributed by atoms with Gasteiger partial charge in [0, 0.05) is 45.2 Å². The molecule has 0 aromatic heterocycles. The summed E-state index contributed by atoms with van der Waals surface area (Å²) in [5.74, 6) is 0.883. The maximum Gasteiger partial charge on any atom is 0.237 e. The van der Waals surface area contributed by atoms with Gasteiger partial charge in [0.1, 0.15) is 0 Å². The Balaban J connectivity index is 1.79. The SMILES string of the molecule is CC(C)(C)CC(=O)N(Cc1ccccc1)C1CC(C(=O)NCCN)N(CC2CCCCC2)C1. The van der Waals surface area contributed by atoms with Gasteiger partial charge in [-0.3, -0.25) is 14.5 Å². The zero-order chi connectivity index (χ0) is 23.8. The van der Waals surface area contributed by atoms with Crippen molar-refractivity contribution in [1.29, 1.82) is 0 Å². The first-order chi connectivity index (χ1) is 15.8. The number of hydrogen-bond donors (Lipinski definition) is 2. The number of likely N-dealkylation sites (tertiary alicyclic amines) is 1. The van der Waals surface area contributed by atoms with Gasteiger partial charge in [-0.1, -0.05) is 70.4 Å². The normalized spacial score (nSPS) is 22.3. The van der Waals surface area contributed by atoms with Crippen molar-refractivity contribution in [2.45, 2.75) is 84.3 Å². The first kappa shape index (κ1) is 25.7. The quantitative estimate of drug-likeness (QED) is 0.596. The molecule has 6 nitrogen and oxygen atoms in total. The highest BCUT2D eigenvalue weighted by Gasteiger charge is 2.41. The van der Waals surface area contributed by atoms with Gasteiger partial charge in [-0.05, 0) is 36.2 Å². The van der Waals surface area contributed by atoms with Gasteiger partial charge in [0.05, 0.1) is 6.04 Å². The Labute approximate surface area is 200 Å². The maximum atomic E-state index is 13.5. The Bertz CT molecular complexity index is 755. The Kier molecular flexibility index (Phi) is 9.33. The van der Waals surface area contributed by atoms with Crippen LogP contribution in [0.4, 0.5) is 0 Å². The third kappa shape index (κ3) is 7.82. The number of nitrogens with one attached hydrogen (secondary N) is 1. The number of hydrogen-bond acceptors (Lipinski definition) is 4. The summed E-state index contributed by atoms with van der Waals surface area (Å²) in [4.78, 5) is 31.0. The highest BCUT2D eigenvalue weighted by atomic mass is 16.2. The molecule has 1 aliphatic heterocycles. The van der Waals surface area contributed by atoms with Crippen LogP contribution in [0.3, 0.4) is 0 Å². The highest BCUT2D eigenvalue weighted by Crippen LogP contribution is 2.31. The molecule has 1 heterocycles. The van der Waals surface area contributed by atoms with Crippen molar-refractivity contribution >= 4 is 11.8 Å². The van der Waals surface area contributed by atoms with Crippen LogP contribution in [0.15, 0.2) is 30.3 Å². The molecule has 0 bridgehead atoms. The summed E-state index contributed by atoms with van der Waals surface area (Å²) in [6.07, 6.45) is 7.58. The lowest BCUT2D eigenvalue weighted by Gasteiger charge is -2.33. The molecule has 2 amide bonds. The topological polar surface area (TPSA) is 78.7 Å². The lowest BCUT2D eigenvalue weighted by atomic mass is 9.89. The van der Waals surface area contributed by atoms with Crippen LogP contribution in [0.1, 0.15) is 71.3 Å². The second-order valence-corrected chi connectivity index (χ2v) is 11.2. The van der Waals surface area contributed by atoms with Crippen LogP contribution in [0.25, 0.3) is 0 Å².